The summed E-state index contributed by atoms with van der Waals surface area (Å²) in [5, 5.41) is 3.16. The lowest BCUT2D eigenvalue weighted by Gasteiger charge is -2.20. The van der Waals surface area contributed by atoms with Crippen molar-refractivity contribution in [2.45, 2.75) is 19.8 Å². The molecule has 2 rings (SSSR count). The molecule has 1 aromatic rings. The molecule has 0 unspecified atom stereocenters. The van der Waals surface area contributed by atoms with Gasteiger partial charge in [0.25, 0.3) is 0 Å². The smallest absolute Gasteiger partial charge is 0.227 e. The molecule has 90 valence electrons. The Morgan fingerprint density at radius 3 is 2.88 bits per heavy atom. The van der Waals surface area contributed by atoms with Crippen LogP contribution in [0.1, 0.15) is 18.4 Å². The lowest BCUT2D eigenvalue weighted by Crippen LogP contribution is -2.25. The van der Waals surface area contributed by atoms with E-state index in [1.807, 2.05) is 30.0 Å². The SMILES string of the molecule is Cc1c(NC(N)=S)cccc1N1CCCC1=O. The van der Waals surface area contributed by atoms with E-state index in [4.69, 9.17) is 18.0 Å². The lowest BCUT2D eigenvalue weighted by molar-refractivity contribution is -0.117. The molecule has 4 nitrogen and oxygen atoms in total. The zero-order valence-corrected chi connectivity index (χ0v) is 10.5. The van der Waals surface area contributed by atoms with Crippen LogP contribution in [0.15, 0.2) is 18.2 Å². The molecule has 0 aliphatic carbocycles. The summed E-state index contributed by atoms with van der Waals surface area (Å²) in [7, 11) is 0. The predicted octanol–water partition coefficient (Wildman–Crippen LogP) is 1.78. The minimum Gasteiger partial charge on any atom is -0.376 e. The third-order valence-electron chi connectivity index (χ3n) is 2.93. The second kappa shape index (κ2) is 4.71. The predicted molar refractivity (Wildman–Crippen MR) is 73.2 cm³/mol. The number of carbonyl (C=O) groups is 1. The maximum Gasteiger partial charge on any atom is 0.227 e. The minimum atomic E-state index is 0.181. The van der Waals surface area contributed by atoms with Gasteiger partial charge in [0.15, 0.2) is 5.11 Å². The van der Waals surface area contributed by atoms with E-state index < -0.39 is 0 Å². The van der Waals surface area contributed by atoms with E-state index >= 15 is 0 Å². The highest BCUT2D eigenvalue weighted by Crippen LogP contribution is 2.29. The Morgan fingerprint density at radius 1 is 1.53 bits per heavy atom. The van der Waals surface area contributed by atoms with E-state index in [2.05, 4.69) is 5.32 Å². The van der Waals surface area contributed by atoms with Crippen LogP contribution in [0.2, 0.25) is 0 Å². The first-order valence-corrected chi connectivity index (χ1v) is 5.97. The van der Waals surface area contributed by atoms with Gasteiger partial charge in [-0.1, -0.05) is 6.07 Å². The zero-order chi connectivity index (χ0) is 12.4. The van der Waals surface area contributed by atoms with Gasteiger partial charge >= 0.3 is 0 Å². The summed E-state index contributed by atoms with van der Waals surface area (Å²) in [5.74, 6) is 0.181. The standard InChI is InChI=1S/C12H15N3OS/c1-8-9(14-12(13)17)4-2-5-10(8)15-7-3-6-11(15)16/h2,4-5H,3,6-7H2,1H3,(H3,13,14,17). The van der Waals surface area contributed by atoms with Gasteiger partial charge in [-0.15, -0.1) is 0 Å². The van der Waals surface area contributed by atoms with Gasteiger partial charge in [-0.05, 0) is 43.3 Å². The van der Waals surface area contributed by atoms with E-state index in [-0.39, 0.29) is 11.0 Å². The molecule has 1 fully saturated rings. The van der Waals surface area contributed by atoms with Crippen LogP contribution < -0.4 is 16.0 Å². The van der Waals surface area contributed by atoms with E-state index in [1.165, 1.54) is 0 Å². The van der Waals surface area contributed by atoms with Crippen molar-refractivity contribution in [1.82, 2.24) is 0 Å². The van der Waals surface area contributed by atoms with Crippen LogP contribution in [0.25, 0.3) is 0 Å². The first-order chi connectivity index (χ1) is 8.09. The molecule has 17 heavy (non-hydrogen) atoms. The average Bonchev–Trinajstić information content (AvgIpc) is 2.67. The van der Waals surface area contributed by atoms with Gasteiger partial charge in [0, 0.05) is 24.3 Å². The summed E-state index contributed by atoms with van der Waals surface area (Å²) < 4.78 is 0. The van der Waals surface area contributed by atoms with E-state index in [9.17, 15) is 4.79 Å². The van der Waals surface area contributed by atoms with Gasteiger partial charge in [0.1, 0.15) is 0 Å². The fourth-order valence-corrected chi connectivity index (χ4v) is 2.20. The Morgan fingerprint density at radius 2 is 2.29 bits per heavy atom. The summed E-state index contributed by atoms with van der Waals surface area (Å²) in [5.41, 5.74) is 8.25. The molecule has 1 heterocycles. The van der Waals surface area contributed by atoms with Crippen molar-refractivity contribution in [3.05, 3.63) is 23.8 Å². The quantitative estimate of drug-likeness (QED) is 0.784. The molecule has 0 bridgehead atoms. The minimum absolute atomic E-state index is 0.181. The molecular weight excluding hydrogens is 234 g/mol. The molecule has 1 amide bonds. The first kappa shape index (κ1) is 11.9. The maximum atomic E-state index is 11.7. The highest BCUT2D eigenvalue weighted by atomic mass is 32.1. The Bertz CT molecular complexity index is 473. The lowest BCUT2D eigenvalue weighted by atomic mass is 10.1. The number of nitrogens with zero attached hydrogens (tertiary/aromatic N) is 1. The van der Waals surface area contributed by atoms with Crippen LogP contribution in [0.4, 0.5) is 11.4 Å². The van der Waals surface area contributed by atoms with Gasteiger partial charge in [-0.25, -0.2) is 0 Å². The second-order valence-corrected chi connectivity index (χ2v) is 4.53. The summed E-state index contributed by atoms with van der Waals surface area (Å²) in [6.45, 7) is 2.75. The molecule has 0 radical (unpaired) electrons. The number of anilines is 2. The number of hydrogen-bond acceptors (Lipinski definition) is 2. The molecule has 0 saturated carbocycles. The molecule has 0 spiro atoms. The Hall–Kier alpha value is -1.62. The number of amides is 1. The van der Waals surface area contributed by atoms with Crippen molar-refractivity contribution < 1.29 is 4.79 Å². The number of benzene rings is 1. The van der Waals surface area contributed by atoms with E-state index in [1.54, 1.807) is 0 Å². The molecule has 1 aromatic carbocycles. The number of hydrogen-bond donors (Lipinski definition) is 2. The zero-order valence-electron chi connectivity index (χ0n) is 9.69. The second-order valence-electron chi connectivity index (χ2n) is 4.09. The molecule has 5 heteroatoms. The topological polar surface area (TPSA) is 58.4 Å². The Labute approximate surface area is 106 Å². The third-order valence-corrected chi connectivity index (χ3v) is 3.03. The molecule has 3 N–H and O–H groups in total. The van der Waals surface area contributed by atoms with Crippen LogP contribution in [-0.4, -0.2) is 17.6 Å². The fourth-order valence-electron chi connectivity index (χ4n) is 2.09. The van der Waals surface area contributed by atoms with Crippen LogP contribution >= 0.6 is 12.2 Å². The van der Waals surface area contributed by atoms with E-state index in [0.29, 0.717) is 6.42 Å². The monoisotopic (exact) mass is 249 g/mol. The normalized spacial score (nSPS) is 15.1. The summed E-state index contributed by atoms with van der Waals surface area (Å²) >= 11 is 4.82. The van der Waals surface area contributed by atoms with Gasteiger partial charge in [0.2, 0.25) is 5.91 Å². The van der Waals surface area contributed by atoms with Crippen molar-refractivity contribution in [2.75, 3.05) is 16.8 Å². The highest BCUT2D eigenvalue weighted by molar-refractivity contribution is 7.80. The highest BCUT2D eigenvalue weighted by Gasteiger charge is 2.23. The van der Waals surface area contributed by atoms with Crippen LogP contribution in [0.5, 0.6) is 0 Å². The number of rotatable bonds is 2. The van der Waals surface area contributed by atoms with Crippen LogP contribution in [0, 0.1) is 6.92 Å². The van der Waals surface area contributed by atoms with Crippen molar-refractivity contribution in [3.8, 4) is 0 Å². The summed E-state index contributed by atoms with van der Waals surface area (Å²) in [4.78, 5) is 13.5. The largest absolute Gasteiger partial charge is 0.376 e. The molecular formula is C12H15N3OS. The fraction of sp³-hybridized carbons (Fsp3) is 0.333. The molecule has 1 aliphatic rings. The van der Waals surface area contributed by atoms with Gasteiger partial charge in [-0.3, -0.25) is 4.79 Å². The summed E-state index contributed by atoms with van der Waals surface area (Å²) in [6, 6.07) is 5.75. The summed E-state index contributed by atoms with van der Waals surface area (Å²) in [6.07, 6.45) is 1.55. The molecule has 1 aliphatic heterocycles. The molecule has 1 saturated heterocycles. The first-order valence-electron chi connectivity index (χ1n) is 5.56. The van der Waals surface area contributed by atoms with Gasteiger partial charge in [-0.2, -0.15) is 0 Å². The van der Waals surface area contributed by atoms with Crippen molar-refractivity contribution in [2.24, 2.45) is 5.73 Å². The van der Waals surface area contributed by atoms with Crippen LogP contribution in [0.3, 0.4) is 0 Å². The maximum absolute atomic E-state index is 11.7. The van der Waals surface area contributed by atoms with Crippen molar-refractivity contribution in [3.63, 3.8) is 0 Å². The average molecular weight is 249 g/mol. The number of carbonyl (C=O) groups excluding carboxylic acids is 1. The number of nitrogens with two attached hydrogens (primary N) is 1. The van der Waals surface area contributed by atoms with Gasteiger partial charge < -0.3 is 16.0 Å². The van der Waals surface area contributed by atoms with Crippen molar-refractivity contribution >= 4 is 34.6 Å². The van der Waals surface area contributed by atoms with E-state index in [0.717, 1.165) is 29.9 Å². The van der Waals surface area contributed by atoms with Crippen LogP contribution in [-0.2, 0) is 4.79 Å². The Balaban J connectivity index is 2.35. The van der Waals surface area contributed by atoms with Crippen molar-refractivity contribution in [1.29, 1.82) is 0 Å². The number of thiocarbonyl (C=S) groups is 1. The molecule has 0 atom stereocenters. The van der Waals surface area contributed by atoms with Gasteiger partial charge in [0.05, 0.1) is 0 Å². The Kier molecular flexibility index (Phi) is 3.28. The number of nitrogens with one attached hydrogen (secondary N) is 1. The molecule has 0 aromatic heterocycles. The third kappa shape index (κ3) is 2.39.